The Labute approximate surface area is 136 Å². The predicted molar refractivity (Wildman–Crippen MR) is 90.8 cm³/mol. The van der Waals surface area contributed by atoms with E-state index in [1.165, 1.54) is 53.4 Å². The lowest BCUT2D eigenvalue weighted by Crippen LogP contribution is -1.95. The Kier molecular flexibility index (Phi) is 36.4. The number of unbranched alkanes of at least 4 members (excludes halogenated alkanes) is 3. The molecule has 134 valence electrons. The second kappa shape index (κ2) is 27.9. The molecule has 0 fully saturated rings. The second-order valence-corrected chi connectivity index (χ2v) is 4.46. The van der Waals surface area contributed by atoms with E-state index in [9.17, 15) is 14.4 Å². The van der Waals surface area contributed by atoms with Gasteiger partial charge in [-0.2, -0.15) is 0 Å². The molecule has 0 aliphatic carbocycles. The first-order valence-electron chi connectivity index (χ1n) is 7.93. The highest BCUT2D eigenvalue weighted by Gasteiger charge is 1.82. The first-order valence-corrected chi connectivity index (χ1v) is 7.93. The fourth-order valence-corrected chi connectivity index (χ4v) is 0.907. The molecule has 5 nitrogen and oxygen atoms in total. The third-order valence-corrected chi connectivity index (χ3v) is 1.65. The molecule has 0 saturated carbocycles. The van der Waals surface area contributed by atoms with Crippen molar-refractivity contribution in [2.75, 3.05) is 13.2 Å². The summed E-state index contributed by atoms with van der Waals surface area (Å²) in [7, 11) is 0. The van der Waals surface area contributed by atoms with Gasteiger partial charge in [0.25, 0.3) is 0 Å². The van der Waals surface area contributed by atoms with Gasteiger partial charge < -0.3 is 14.3 Å². The van der Waals surface area contributed by atoms with Crippen LogP contribution in [0.3, 0.4) is 0 Å². The largest absolute Gasteiger partial charge is 0.466 e. The van der Waals surface area contributed by atoms with E-state index in [0.29, 0.717) is 13.2 Å². The molecule has 0 heterocycles. The minimum absolute atomic E-state index is 0.167. The standard InChI is InChI=1S/C6H14.2C4H8O2.C3H6O/c1-3-5-6-4-2;2*1-3-6-4(2)5;1-3(2)4/h3-6H2,1-2H3;2*3H2,1-2H3;1-2H3. The highest BCUT2D eigenvalue weighted by atomic mass is 16.5. The van der Waals surface area contributed by atoms with Gasteiger partial charge in [-0.3, -0.25) is 9.59 Å². The molecule has 0 aliphatic heterocycles. The number of ether oxygens (including phenoxy) is 2. The van der Waals surface area contributed by atoms with Gasteiger partial charge in [-0.1, -0.05) is 39.5 Å². The van der Waals surface area contributed by atoms with Crippen molar-refractivity contribution in [2.45, 2.75) is 81.1 Å². The Morgan fingerprint density at radius 3 is 0.909 bits per heavy atom. The molecule has 0 amide bonds. The Balaban J connectivity index is -0.0000000994. The van der Waals surface area contributed by atoms with Crippen molar-refractivity contribution >= 4 is 17.7 Å². The molecule has 0 saturated heterocycles. The lowest BCUT2D eigenvalue weighted by atomic mass is 10.2. The molecule has 22 heavy (non-hydrogen) atoms. The summed E-state index contributed by atoms with van der Waals surface area (Å²) in [5.41, 5.74) is 0. The van der Waals surface area contributed by atoms with E-state index in [4.69, 9.17) is 0 Å². The first-order chi connectivity index (χ1) is 10.2. The first kappa shape index (κ1) is 28.7. The molecule has 0 aromatic heterocycles. The van der Waals surface area contributed by atoms with Crippen molar-refractivity contribution < 1.29 is 23.9 Å². The van der Waals surface area contributed by atoms with Crippen LogP contribution in [-0.2, 0) is 23.9 Å². The van der Waals surface area contributed by atoms with Crippen molar-refractivity contribution in [1.29, 1.82) is 0 Å². The van der Waals surface area contributed by atoms with Crippen LogP contribution in [0.15, 0.2) is 0 Å². The van der Waals surface area contributed by atoms with E-state index in [1.807, 2.05) is 0 Å². The summed E-state index contributed by atoms with van der Waals surface area (Å²) in [4.78, 5) is 29.1. The number of rotatable bonds is 5. The quantitative estimate of drug-likeness (QED) is 0.557. The monoisotopic (exact) mass is 320 g/mol. The molecule has 0 spiro atoms. The van der Waals surface area contributed by atoms with Gasteiger partial charge in [0.05, 0.1) is 13.2 Å². The SMILES string of the molecule is CC(C)=O.CCCCCC.CCOC(C)=O.CCOC(C)=O. The number of carbonyl (C=O) groups excluding carboxylic acids is 3. The summed E-state index contributed by atoms with van der Waals surface area (Å²) in [5, 5.41) is 0. The zero-order valence-electron chi connectivity index (χ0n) is 15.8. The van der Waals surface area contributed by atoms with Gasteiger partial charge in [0.1, 0.15) is 5.78 Å². The van der Waals surface area contributed by atoms with Crippen LogP contribution in [0.1, 0.15) is 81.1 Å². The van der Waals surface area contributed by atoms with Crippen LogP contribution in [0.25, 0.3) is 0 Å². The highest BCUT2D eigenvalue weighted by Crippen LogP contribution is 1.95. The molecule has 0 aromatic rings. The maximum Gasteiger partial charge on any atom is 0.302 e. The molecule has 0 radical (unpaired) electrons. The molecule has 0 bridgehead atoms. The maximum absolute atomic E-state index is 9.82. The van der Waals surface area contributed by atoms with Gasteiger partial charge in [0.15, 0.2) is 0 Å². The Morgan fingerprint density at radius 1 is 0.636 bits per heavy atom. The number of ketones is 1. The van der Waals surface area contributed by atoms with E-state index in [-0.39, 0.29) is 17.7 Å². The average molecular weight is 320 g/mol. The molecule has 0 N–H and O–H groups in total. The second-order valence-electron chi connectivity index (χ2n) is 4.46. The molecule has 0 aliphatic rings. The van der Waals surface area contributed by atoms with Gasteiger partial charge in [-0.05, 0) is 27.7 Å². The maximum atomic E-state index is 9.82. The number of carbonyl (C=O) groups is 3. The summed E-state index contributed by atoms with van der Waals surface area (Å²) in [6.07, 6.45) is 5.54. The lowest BCUT2D eigenvalue weighted by molar-refractivity contribution is -0.141. The fraction of sp³-hybridized carbons (Fsp3) is 0.824. The summed E-state index contributed by atoms with van der Waals surface area (Å²) < 4.78 is 8.81. The molecule has 5 heteroatoms. The highest BCUT2D eigenvalue weighted by molar-refractivity contribution is 5.72. The zero-order chi connectivity index (χ0) is 18.4. The molecule has 0 aromatic carbocycles. The minimum atomic E-state index is -0.211. The number of hydrogen-bond acceptors (Lipinski definition) is 5. The number of esters is 2. The summed E-state index contributed by atoms with van der Waals surface area (Å²) in [6.45, 7) is 14.8. The fourth-order valence-electron chi connectivity index (χ4n) is 0.907. The Hall–Kier alpha value is -1.39. The topological polar surface area (TPSA) is 69.7 Å². The predicted octanol–water partition coefficient (Wildman–Crippen LogP) is 4.32. The van der Waals surface area contributed by atoms with Crippen molar-refractivity contribution in [1.82, 2.24) is 0 Å². The van der Waals surface area contributed by atoms with Crippen LogP contribution in [-0.4, -0.2) is 30.9 Å². The van der Waals surface area contributed by atoms with Crippen molar-refractivity contribution in [2.24, 2.45) is 0 Å². The number of Topliss-reactive ketones (excluding diaryl/α,β-unsaturated/α-hetero) is 1. The molecule has 0 unspecified atom stereocenters. The lowest BCUT2D eigenvalue weighted by Gasteiger charge is -1.89. The number of hydrogen-bond donors (Lipinski definition) is 0. The van der Waals surface area contributed by atoms with Crippen molar-refractivity contribution in [3.63, 3.8) is 0 Å². The smallest absolute Gasteiger partial charge is 0.302 e. The Morgan fingerprint density at radius 2 is 0.864 bits per heavy atom. The van der Waals surface area contributed by atoms with Gasteiger partial charge in [-0.15, -0.1) is 0 Å². The third-order valence-electron chi connectivity index (χ3n) is 1.65. The van der Waals surface area contributed by atoms with Gasteiger partial charge in [0.2, 0.25) is 0 Å². The minimum Gasteiger partial charge on any atom is -0.466 e. The van der Waals surface area contributed by atoms with Crippen LogP contribution < -0.4 is 0 Å². The molecule has 0 atom stereocenters. The van der Waals surface area contributed by atoms with Gasteiger partial charge in [-0.25, -0.2) is 0 Å². The molecule has 0 rings (SSSR count). The third kappa shape index (κ3) is 99.7. The van der Waals surface area contributed by atoms with Crippen LogP contribution in [0.5, 0.6) is 0 Å². The van der Waals surface area contributed by atoms with E-state index in [1.54, 1.807) is 13.8 Å². The van der Waals surface area contributed by atoms with Crippen LogP contribution in [0.2, 0.25) is 0 Å². The summed E-state index contributed by atoms with van der Waals surface area (Å²) in [5.74, 6) is -0.255. The van der Waals surface area contributed by atoms with Gasteiger partial charge >= 0.3 is 11.9 Å². The van der Waals surface area contributed by atoms with E-state index in [2.05, 4.69) is 23.3 Å². The van der Waals surface area contributed by atoms with E-state index in [0.717, 1.165) is 0 Å². The van der Waals surface area contributed by atoms with Gasteiger partial charge in [0, 0.05) is 13.8 Å². The normalized spacial score (nSPS) is 7.82. The van der Waals surface area contributed by atoms with Crippen molar-refractivity contribution in [3.8, 4) is 0 Å². The average Bonchev–Trinajstić information content (AvgIpc) is 2.36. The van der Waals surface area contributed by atoms with Crippen LogP contribution in [0, 0.1) is 0 Å². The zero-order valence-corrected chi connectivity index (χ0v) is 15.8. The van der Waals surface area contributed by atoms with Crippen LogP contribution in [0.4, 0.5) is 0 Å². The molecular formula is C17H36O5. The summed E-state index contributed by atoms with van der Waals surface area (Å²) >= 11 is 0. The molecular weight excluding hydrogens is 284 g/mol. The van der Waals surface area contributed by atoms with E-state index >= 15 is 0 Å². The van der Waals surface area contributed by atoms with Crippen LogP contribution >= 0.6 is 0 Å². The summed E-state index contributed by atoms with van der Waals surface area (Å²) in [6, 6.07) is 0. The Bertz CT molecular complexity index is 225. The van der Waals surface area contributed by atoms with Crippen molar-refractivity contribution in [3.05, 3.63) is 0 Å². The van der Waals surface area contributed by atoms with E-state index < -0.39 is 0 Å².